The van der Waals surface area contributed by atoms with E-state index in [1.165, 1.54) is 0 Å². The van der Waals surface area contributed by atoms with Crippen molar-refractivity contribution in [2.45, 2.75) is 12.5 Å². The summed E-state index contributed by atoms with van der Waals surface area (Å²) in [6.07, 6.45) is -0.0623. The summed E-state index contributed by atoms with van der Waals surface area (Å²) < 4.78 is 0. The van der Waals surface area contributed by atoms with Crippen LogP contribution in [0.25, 0.3) is 0 Å². The Labute approximate surface area is 63.8 Å². The minimum atomic E-state index is -0.490. The van der Waals surface area contributed by atoms with Crippen molar-refractivity contribution in [1.29, 1.82) is 0 Å². The highest BCUT2D eigenvalue weighted by Crippen LogP contribution is 2.18. The van der Waals surface area contributed by atoms with E-state index in [0.29, 0.717) is 6.42 Å². The molecule has 3 heteroatoms. The van der Waals surface area contributed by atoms with Crippen molar-refractivity contribution in [3.8, 4) is 0 Å². The van der Waals surface area contributed by atoms with Crippen molar-refractivity contribution in [3.63, 3.8) is 0 Å². The molecule has 0 bridgehead atoms. The first-order chi connectivity index (χ1) is 4.84. The van der Waals surface area contributed by atoms with Gasteiger partial charge in [0.1, 0.15) is 0 Å². The lowest BCUT2D eigenvalue weighted by molar-refractivity contribution is 0.134. The van der Waals surface area contributed by atoms with Crippen molar-refractivity contribution in [2.75, 3.05) is 6.61 Å². The highest BCUT2D eigenvalue weighted by Gasteiger charge is 2.05. The van der Waals surface area contributed by atoms with Crippen LogP contribution >= 0.6 is 11.3 Å². The number of hydrogen-bond acceptors (Lipinski definition) is 3. The van der Waals surface area contributed by atoms with Crippen molar-refractivity contribution in [2.24, 2.45) is 0 Å². The van der Waals surface area contributed by atoms with E-state index in [9.17, 15) is 5.11 Å². The van der Waals surface area contributed by atoms with Crippen molar-refractivity contribution in [1.82, 2.24) is 0 Å². The van der Waals surface area contributed by atoms with E-state index in [0.717, 1.165) is 5.56 Å². The molecule has 2 nitrogen and oxygen atoms in total. The Balaban J connectivity index is 2.50. The zero-order valence-electron chi connectivity index (χ0n) is 5.53. The third-order valence-electron chi connectivity index (χ3n) is 1.33. The molecule has 1 heterocycles. The second kappa shape index (κ2) is 3.71. The molecule has 0 radical (unpaired) electrons. The third-order valence-corrected chi connectivity index (χ3v) is 2.03. The Bertz CT molecular complexity index is 172. The van der Waals surface area contributed by atoms with Gasteiger partial charge in [-0.1, -0.05) is 0 Å². The molecule has 0 aliphatic heterocycles. The summed E-state index contributed by atoms with van der Waals surface area (Å²) in [6, 6.07) is 1.87. The molecule has 56 valence electrons. The van der Waals surface area contributed by atoms with E-state index in [-0.39, 0.29) is 6.61 Å². The van der Waals surface area contributed by atoms with Gasteiger partial charge in [0, 0.05) is 13.0 Å². The van der Waals surface area contributed by atoms with Gasteiger partial charge in [-0.2, -0.15) is 11.3 Å². The molecule has 1 atom stereocenters. The minimum absolute atomic E-state index is 0.0387. The van der Waals surface area contributed by atoms with Gasteiger partial charge in [0.25, 0.3) is 0 Å². The van der Waals surface area contributed by atoms with Gasteiger partial charge >= 0.3 is 0 Å². The third kappa shape index (κ3) is 1.80. The Hall–Kier alpha value is -0.380. The molecule has 0 aliphatic rings. The molecular weight excluding hydrogens is 148 g/mol. The molecular formula is C7H10O2S. The molecule has 0 unspecified atom stereocenters. The van der Waals surface area contributed by atoms with Crippen LogP contribution in [-0.4, -0.2) is 16.8 Å². The largest absolute Gasteiger partial charge is 0.396 e. The van der Waals surface area contributed by atoms with E-state index in [1.54, 1.807) is 11.3 Å². The normalized spacial score (nSPS) is 13.4. The fourth-order valence-corrected chi connectivity index (χ4v) is 1.46. The SMILES string of the molecule is OCC[C@H](O)c1ccsc1. The maximum Gasteiger partial charge on any atom is 0.0819 e. The van der Waals surface area contributed by atoms with E-state index in [1.807, 2.05) is 16.8 Å². The number of rotatable bonds is 3. The van der Waals surface area contributed by atoms with Crippen LogP contribution in [0.15, 0.2) is 16.8 Å². The van der Waals surface area contributed by atoms with Crippen LogP contribution < -0.4 is 0 Å². The standard InChI is InChI=1S/C7H10O2S/c8-3-1-7(9)6-2-4-10-5-6/h2,4-5,7-9H,1,3H2/t7-/m0/s1. The van der Waals surface area contributed by atoms with Crippen molar-refractivity contribution < 1.29 is 10.2 Å². The van der Waals surface area contributed by atoms with Crippen LogP contribution in [0.3, 0.4) is 0 Å². The van der Waals surface area contributed by atoms with Crippen molar-refractivity contribution >= 4 is 11.3 Å². The van der Waals surface area contributed by atoms with Gasteiger partial charge in [0.2, 0.25) is 0 Å². The molecule has 0 saturated heterocycles. The van der Waals surface area contributed by atoms with Crippen LogP contribution in [-0.2, 0) is 0 Å². The van der Waals surface area contributed by atoms with Gasteiger partial charge in [-0.05, 0) is 22.4 Å². The molecule has 0 spiro atoms. The summed E-state index contributed by atoms with van der Waals surface area (Å²) in [6.45, 7) is 0.0387. The first kappa shape index (κ1) is 7.72. The van der Waals surface area contributed by atoms with Crippen LogP contribution in [0.2, 0.25) is 0 Å². The fraction of sp³-hybridized carbons (Fsp3) is 0.429. The lowest BCUT2D eigenvalue weighted by Crippen LogP contribution is -1.97. The molecule has 0 fully saturated rings. The van der Waals surface area contributed by atoms with Gasteiger partial charge < -0.3 is 10.2 Å². The maximum atomic E-state index is 9.26. The molecule has 1 rings (SSSR count). The van der Waals surface area contributed by atoms with E-state index >= 15 is 0 Å². The zero-order valence-corrected chi connectivity index (χ0v) is 6.34. The van der Waals surface area contributed by atoms with Gasteiger partial charge in [-0.25, -0.2) is 0 Å². The Morgan fingerprint density at radius 2 is 2.40 bits per heavy atom. The van der Waals surface area contributed by atoms with E-state index in [2.05, 4.69) is 0 Å². The second-order valence-corrected chi connectivity index (χ2v) is 2.86. The Morgan fingerprint density at radius 1 is 1.60 bits per heavy atom. The predicted molar refractivity (Wildman–Crippen MR) is 41.0 cm³/mol. The fourth-order valence-electron chi connectivity index (χ4n) is 0.754. The molecule has 0 amide bonds. The number of aliphatic hydroxyl groups excluding tert-OH is 2. The topological polar surface area (TPSA) is 40.5 Å². The van der Waals surface area contributed by atoms with Gasteiger partial charge in [0.05, 0.1) is 6.10 Å². The molecule has 0 aromatic carbocycles. The molecule has 0 saturated carbocycles. The number of hydrogen-bond donors (Lipinski definition) is 2. The van der Waals surface area contributed by atoms with Gasteiger partial charge in [-0.15, -0.1) is 0 Å². The average Bonchev–Trinajstić information content (AvgIpc) is 2.38. The van der Waals surface area contributed by atoms with Crippen LogP contribution in [0.5, 0.6) is 0 Å². The first-order valence-electron chi connectivity index (χ1n) is 3.15. The lowest BCUT2D eigenvalue weighted by Gasteiger charge is -2.04. The maximum absolute atomic E-state index is 9.26. The average molecular weight is 158 g/mol. The monoisotopic (exact) mass is 158 g/mol. The highest BCUT2D eigenvalue weighted by molar-refractivity contribution is 7.07. The lowest BCUT2D eigenvalue weighted by atomic mass is 10.1. The quantitative estimate of drug-likeness (QED) is 0.693. The van der Waals surface area contributed by atoms with E-state index in [4.69, 9.17) is 5.11 Å². The Kier molecular flexibility index (Phi) is 2.86. The molecule has 1 aromatic heterocycles. The summed E-state index contributed by atoms with van der Waals surface area (Å²) in [4.78, 5) is 0. The summed E-state index contributed by atoms with van der Waals surface area (Å²) >= 11 is 1.55. The molecule has 10 heavy (non-hydrogen) atoms. The van der Waals surface area contributed by atoms with Gasteiger partial charge in [0.15, 0.2) is 0 Å². The van der Waals surface area contributed by atoms with Crippen LogP contribution in [0.1, 0.15) is 18.1 Å². The molecule has 0 aliphatic carbocycles. The predicted octanol–water partition coefficient (Wildman–Crippen LogP) is 1.16. The summed E-state index contributed by atoms with van der Waals surface area (Å²) in [5.74, 6) is 0. The van der Waals surface area contributed by atoms with Crippen LogP contribution in [0, 0.1) is 0 Å². The number of aliphatic hydroxyl groups is 2. The molecule has 1 aromatic rings. The molecule has 2 N–H and O–H groups in total. The van der Waals surface area contributed by atoms with E-state index < -0.39 is 6.10 Å². The summed E-state index contributed by atoms with van der Waals surface area (Å²) in [5.41, 5.74) is 0.902. The van der Waals surface area contributed by atoms with Crippen LogP contribution in [0.4, 0.5) is 0 Å². The Morgan fingerprint density at radius 3 is 2.90 bits per heavy atom. The smallest absolute Gasteiger partial charge is 0.0819 e. The summed E-state index contributed by atoms with van der Waals surface area (Å²) in [7, 11) is 0. The second-order valence-electron chi connectivity index (χ2n) is 2.08. The first-order valence-corrected chi connectivity index (χ1v) is 4.10. The number of thiophene rings is 1. The van der Waals surface area contributed by atoms with Crippen molar-refractivity contribution in [3.05, 3.63) is 22.4 Å². The highest BCUT2D eigenvalue weighted by atomic mass is 32.1. The zero-order chi connectivity index (χ0) is 7.40. The minimum Gasteiger partial charge on any atom is -0.396 e. The summed E-state index contributed by atoms with van der Waals surface area (Å²) in [5, 5.41) is 21.5. The van der Waals surface area contributed by atoms with Gasteiger partial charge in [-0.3, -0.25) is 0 Å².